The van der Waals surface area contributed by atoms with Crippen molar-refractivity contribution in [1.82, 2.24) is 9.88 Å². The van der Waals surface area contributed by atoms with Crippen LogP contribution in [0.5, 0.6) is 0 Å². The number of thiazole rings is 1. The van der Waals surface area contributed by atoms with Crippen LogP contribution in [0.15, 0.2) is 4.79 Å². The molecule has 5 nitrogen and oxygen atoms in total. The monoisotopic (exact) mass is 300 g/mol. The first-order chi connectivity index (χ1) is 9.26. The number of carbonyl (C=O) groups is 1. The molecule has 0 unspecified atom stereocenters. The van der Waals surface area contributed by atoms with Gasteiger partial charge < -0.3 is 15.0 Å². The lowest BCUT2D eigenvalue weighted by Gasteiger charge is -2.23. The van der Waals surface area contributed by atoms with E-state index in [0.29, 0.717) is 25.9 Å². The van der Waals surface area contributed by atoms with Crippen molar-refractivity contribution >= 4 is 17.2 Å². The second kappa shape index (κ2) is 7.04. The zero-order valence-electron chi connectivity index (χ0n) is 12.7. The van der Waals surface area contributed by atoms with Crippen LogP contribution in [0.2, 0.25) is 0 Å². The maximum Gasteiger partial charge on any atom is 0.307 e. The van der Waals surface area contributed by atoms with Gasteiger partial charge in [0, 0.05) is 36.7 Å². The molecule has 2 N–H and O–H groups in total. The Kier molecular flexibility index (Phi) is 5.95. The van der Waals surface area contributed by atoms with Gasteiger partial charge in [0.25, 0.3) is 0 Å². The summed E-state index contributed by atoms with van der Waals surface area (Å²) in [5.74, 6) is -0.0637. The molecule has 6 heteroatoms. The molecule has 0 aromatic carbocycles. The Morgan fingerprint density at radius 2 is 2.05 bits per heavy atom. The van der Waals surface area contributed by atoms with Crippen LogP contribution in [0.3, 0.4) is 0 Å². The van der Waals surface area contributed by atoms with E-state index in [4.69, 9.17) is 5.11 Å². The molecule has 0 saturated heterocycles. The average molecular weight is 300 g/mol. The molecule has 0 radical (unpaired) electrons. The van der Waals surface area contributed by atoms with Crippen molar-refractivity contribution in [1.29, 1.82) is 0 Å². The minimum atomic E-state index is -0.115. The minimum Gasteiger partial charge on any atom is -0.396 e. The summed E-state index contributed by atoms with van der Waals surface area (Å²) < 4.78 is 1.65. The summed E-state index contributed by atoms with van der Waals surface area (Å²) in [5.41, 5.74) is 0.823. The third-order valence-electron chi connectivity index (χ3n) is 3.49. The second-order valence-electron chi connectivity index (χ2n) is 5.83. The highest BCUT2D eigenvalue weighted by atomic mass is 32.1. The van der Waals surface area contributed by atoms with Gasteiger partial charge in [0.1, 0.15) is 0 Å². The fourth-order valence-corrected chi connectivity index (χ4v) is 2.73. The number of aromatic nitrogens is 1. The number of carbonyl (C=O) groups excluding carboxylic acids is 1. The van der Waals surface area contributed by atoms with Gasteiger partial charge in [-0.3, -0.25) is 9.59 Å². The second-order valence-corrected chi connectivity index (χ2v) is 6.99. The third-order valence-corrected chi connectivity index (χ3v) is 4.49. The van der Waals surface area contributed by atoms with Crippen LogP contribution in [0.1, 0.15) is 37.3 Å². The van der Waals surface area contributed by atoms with Gasteiger partial charge >= 0.3 is 4.87 Å². The molecule has 0 aliphatic rings. The molecular formula is C14H24N2O3S. The number of aliphatic hydroxyl groups is 1. The molecule has 0 aliphatic carbocycles. The standard InChI is InChI=1S/C14H24N2O3S/c1-10-11(2)20-13(19)16(10)7-5-12(18)15-9-14(3,4)6-8-17/h17H,5-9H2,1-4H3,(H,15,18). The zero-order chi connectivity index (χ0) is 15.3. The lowest BCUT2D eigenvalue weighted by atomic mass is 9.90. The van der Waals surface area contributed by atoms with E-state index in [2.05, 4.69) is 5.32 Å². The van der Waals surface area contributed by atoms with E-state index in [-0.39, 0.29) is 22.8 Å². The molecule has 0 saturated carbocycles. The molecule has 1 rings (SSSR count). The van der Waals surface area contributed by atoms with Crippen LogP contribution in [0.25, 0.3) is 0 Å². The highest BCUT2D eigenvalue weighted by Gasteiger charge is 2.18. The molecule has 1 aromatic rings. The van der Waals surface area contributed by atoms with Gasteiger partial charge in [0.15, 0.2) is 0 Å². The first-order valence-electron chi connectivity index (χ1n) is 6.81. The van der Waals surface area contributed by atoms with Crippen molar-refractivity contribution in [2.24, 2.45) is 5.41 Å². The quantitative estimate of drug-likeness (QED) is 0.800. The Morgan fingerprint density at radius 3 is 2.55 bits per heavy atom. The molecule has 1 heterocycles. The summed E-state index contributed by atoms with van der Waals surface area (Å²) in [6, 6.07) is 0. The first-order valence-corrected chi connectivity index (χ1v) is 7.63. The van der Waals surface area contributed by atoms with E-state index < -0.39 is 0 Å². The lowest BCUT2D eigenvalue weighted by Crippen LogP contribution is -2.35. The summed E-state index contributed by atoms with van der Waals surface area (Å²) >= 11 is 1.22. The smallest absolute Gasteiger partial charge is 0.307 e. The third kappa shape index (κ3) is 4.76. The van der Waals surface area contributed by atoms with E-state index in [1.807, 2.05) is 27.7 Å². The molecule has 1 aromatic heterocycles. The molecule has 0 bridgehead atoms. The number of hydrogen-bond acceptors (Lipinski definition) is 4. The number of aliphatic hydroxyl groups excluding tert-OH is 1. The summed E-state index contributed by atoms with van der Waals surface area (Å²) in [6.45, 7) is 8.88. The van der Waals surface area contributed by atoms with Gasteiger partial charge in [-0.2, -0.15) is 0 Å². The van der Waals surface area contributed by atoms with Crippen LogP contribution in [0.4, 0.5) is 0 Å². The Bertz CT molecular complexity index is 517. The Hall–Kier alpha value is -1.14. The number of nitrogens with zero attached hydrogens (tertiary/aromatic N) is 1. The van der Waals surface area contributed by atoms with Crippen LogP contribution in [0, 0.1) is 19.3 Å². The predicted octanol–water partition coefficient (Wildman–Crippen LogP) is 1.44. The first kappa shape index (κ1) is 16.9. The maximum absolute atomic E-state index is 11.8. The van der Waals surface area contributed by atoms with Gasteiger partial charge in [-0.05, 0) is 25.7 Å². The molecule has 20 heavy (non-hydrogen) atoms. The van der Waals surface area contributed by atoms with Crippen molar-refractivity contribution in [3.05, 3.63) is 20.2 Å². The van der Waals surface area contributed by atoms with Crippen LogP contribution >= 0.6 is 11.3 Å². The SMILES string of the molecule is Cc1sc(=O)n(CCC(=O)NCC(C)(C)CCO)c1C. The molecule has 0 spiro atoms. The fraction of sp³-hybridized carbons (Fsp3) is 0.714. The average Bonchev–Trinajstić information content (AvgIpc) is 2.59. The number of hydrogen-bond donors (Lipinski definition) is 2. The van der Waals surface area contributed by atoms with Gasteiger partial charge in [0.2, 0.25) is 5.91 Å². The number of rotatable bonds is 7. The van der Waals surface area contributed by atoms with Gasteiger partial charge in [0.05, 0.1) is 0 Å². The summed E-state index contributed by atoms with van der Waals surface area (Å²) in [4.78, 5) is 24.5. The summed E-state index contributed by atoms with van der Waals surface area (Å²) in [6.07, 6.45) is 0.946. The summed E-state index contributed by atoms with van der Waals surface area (Å²) in [7, 11) is 0. The lowest BCUT2D eigenvalue weighted by molar-refractivity contribution is -0.121. The van der Waals surface area contributed by atoms with E-state index in [1.165, 1.54) is 11.3 Å². The van der Waals surface area contributed by atoms with E-state index >= 15 is 0 Å². The Labute approximate surface area is 123 Å². The van der Waals surface area contributed by atoms with Gasteiger partial charge in [-0.15, -0.1) is 0 Å². The Morgan fingerprint density at radius 1 is 1.40 bits per heavy atom. The molecule has 0 atom stereocenters. The van der Waals surface area contributed by atoms with Crippen molar-refractivity contribution < 1.29 is 9.90 Å². The number of nitrogens with one attached hydrogen (secondary N) is 1. The largest absolute Gasteiger partial charge is 0.396 e. The topological polar surface area (TPSA) is 71.3 Å². The minimum absolute atomic E-state index is 0.00610. The summed E-state index contributed by atoms with van der Waals surface area (Å²) in [5, 5.41) is 11.8. The molecule has 1 amide bonds. The van der Waals surface area contributed by atoms with Gasteiger partial charge in [-0.1, -0.05) is 25.2 Å². The maximum atomic E-state index is 11.8. The van der Waals surface area contributed by atoms with Crippen molar-refractivity contribution in [2.45, 2.75) is 47.1 Å². The zero-order valence-corrected chi connectivity index (χ0v) is 13.5. The molecule has 114 valence electrons. The van der Waals surface area contributed by atoms with E-state index in [1.54, 1.807) is 4.57 Å². The van der Waals surface area contributed by atoms with Crippen molar-refractivity contribution in [3.8, 4) is 0 Å². The Balaban J connectivity index is 2.46. The van der Waals surface area contributed by atoms with Crippen LogP contribution < -0.4 is 10.2 Å². The van der Waals surface area contributed by atoms with Crippen LogP contribution in [-0.4, -0.2) is 28.7 Å². The van der Waals surface area contributed by atoms with Crippen molar-refractivity contribution in [3.63, 3.8) is 0 Å². The van der Waals surface area contributed by atoms with E-state index in [0.717, 1.165) is 10.6 Å². The highest BCUT2D eigenvalue weighted by molar-refractivity contribution is 7.09. The normalized spacial score (nSPS) is 11.7. The number of aryl methyl sites for hydroxylation is 1. The molecule has 0 fully saturated rings. The molecule has 0 aliphatic heterocycles. The number of amides is 1. The predicted molar refractivity (Wildman–Crippen MR) is 81.2 cm³/mol. The van der Waals surface area contributed by atoms with Crippen LogP contribution in [-0.2, 0) is 11.3 Å². The van der Waals surface area contributed by atoms with E-state index in [9.17, 15) is 9.59 Å². The molecular weight excluding hydrogens is 276 g/mol. The highest BCUT2D eigenvalue weighted by Crippen LogP contribution is 2.18. The van der Waals surface area contributed by atoms with Crippen molar-refractivity contribution in [2.75, 3.05) is 13.2 Å². The van der Waals surface area contributed by atoms with Gasteiger partial charge in [-0.25, -0.2) is 0 Å². The fourth-order valence-electron chi connectivity index (χ4n) is 1.88.